The standard InChI is InChI=1S/C12H18BrNS2/c1-9(11-2-3-12(13)16-11)14-8-10-4-6-15-7-5-10/h2-3,9-10,14H,4-8H2,1H3. The van der Waals surface area contributed by atoms with Crippen LogP contribution in [0.5, 0.6) is 0 Å². The number of rotatable bonds is 4. The Morgan fingerprint density at radius 3 is 2.81 bits per heavy atom. The van der Waals surface area contributed by atoms with Crippen molar-refractivity contribution in [2.45, 2.75) is 25.8 Å². The molecule has 0 aromatic carbocycles. The molecule has 1 unspecified atom stereocenters. The zero-order valence-corrected chi connectivity index (χ0v) is 12.8. The molecule has 1 aromatic rings. The normalized spacial score (nSPS) is 19.9. The molecule has 1 nitrogen and oxygen atoms in total. The summed E-state index contributed by atoms with van der Waals surface area (Å²) in [5, 5.41) is 3.66. The Bertz CT molecular complexity index is 321. The number of thioether (sulfide) groups is 1. The highest BCUT2D eigenvalue weighted by molar-refractivity contribution is 9.11. The number of halogens is 1. The third kappa shape index (κ3) is 3.76. The second-order valence-electron chi connectivity index (χ2n) is 4.33. The summed E-state index contributed by atoms with van der Waals surface area (Å²) in [5.74, 6) is 3.60. The molecule has 1 aromatic heterocycles. The molecule has 0 aliphatic carbocycles. The fraction of sp³-hybridized carbons (Fsp3) is 0.667. The highest BCUT2D eigenvalue weighted by Gasteiger charge is 2.15. The molecule has 2 rings (SSSR count). The van der Waals surface area contributed by atoms with Crippen molar-refractivity contribution in [3.8, 4) is 0 Å². The molecule has 0 bridgehead atoms. The first kappa shape index (κ1) is 12.9. The van der Waals surface area contributed by atoms with Crippen molar-refractivity contribution in [2.75, 3.05) is 18.1 Å². The summed E-state index contributed by atoms with van der Waals surface area (Å²) in [6.45, 7) is 3.44. The van der Waals surface area contributed by atoms with Crippen LogP contribution >= 0.6 is 39.0 Å². The molecule has 1 N–H and O–H groups in total. The van der Waals surface area contributed by atoms with Gasteiger partial charge in [0.2, 0.25) is 0 Å². The van der Waals surface area contributed by atoms with Crippen LogP contribution < -0.4 is 5.32 Å². The average Bonchev–Trinajstić information content (AvgIpc) is 2.74. The van der Waals surface area contributed by atoms with Gasteiger partial charge in [-0.15, -0.1) is 11.3 Å². The van der Waals surface area contributed by atoms with Gasteiger partial charge in [0.1, 0.15) is 0 Å². The van der Waals surface area contributed by atoms with E-state index in [1.54, 1.807) is 0 Å². The van der Waals surface area contributed by atoms with Crippen LogP contribution in [0.15, 0.2) is 15.9 Å². The predicted molar refractivity (Wildman–Crippen MR) is 78.5 cm³/mol. The van der Waals surface area contributed by atoms with E-state index in [4.69, 9.17) is 0 Å². The summed E-state index contributed by atoms with van der Waals surface area (Å²) in [4.78, 5) is 1.43. The monoisotopic (exact) mass is 319 g/mol. The molecular weight excluding hydrogens is 302 g/mol. The quantitative estimate of drug-likeness (QED) is 0.887. The van der Waals surface area contributed by atoms with E-state index in [1.165, 1.54) is 39.6 Å². The number of hydrogen-bond acceptors (Lipinski definition) is 3. The van der Waals surface area contributed by atoms with E-state index in [-0.39, 0.29) is 0 Å². The lowest BCUT2D eigenvalue weighted by Crippen LogP contribution is -2.27. The molecule has 1 aliphatic heterocycles. The van der Waals surface area contributed by atoms with Gasteiger partial charge in [-0.2, -0.15) is 11.8 Å². The maximum atomic E-state index is 3.66. The number of thiophene rings is 1. The first-order valence-electron chi connectivity index (χ1n) is 5.82. The van der Waals surface area contributed by atoms with E-state index < -0.39 is 0 Å². The van der Waals surface area contributed by atoms with Gasteiger partial charge in [-0.25, -0.2) is 0 Å². The van der Waals surface area contributed by atoms with E-state index >= 15 is 0 Å². The van der Waals surface area contributed by atoms with Crippen molar-refractivity contribution in [2.24, 2.45) is 5.92 Å². The maximum Gasteiger partial charge on any atom is 0.0701 e. The molecular formula is C12H18BrNS2. The number of hydrogen-bond donors (Lipinski definition) is 1. The Kier molecular flexibility index (Phi) is 5.20. The minimum atomic E-state index is 0.492. The molecule has 16 heavy (non-hydrogen) atoms. The summed E-state index contributed by atoms with van der Waals surface area (Å²) in [6, 6.07) is 4.84. The molecule has 0 amide bonds. The van der Waals surface area contributed by atoms with Crippen LogP contribution in [0.2, 0.25) is 0 Å². The van der Waals surface area contributed by atoms with Gasteiger partial charge in [-0.1, -0.05) is 0 Å². The molecule has 1 fully saturated rings. The summed E-state index contributed by atoms with van der Waals surface area (Å²) >= 11 is 7.45. The molecule has 0 radical (unpaired) electrons. The largest absolute Gasteiger partial charge is 0.309 e. The van der Waals surface area contributed by atoms with Crippen molar-refractivity contribution in [1.29, 1.82) is 0 Å². The fourth-order valence-electron chi connectivity index (χ4n) is 1.96. The Hall–Kier alpha value is 0.490. The van der Waals surface area contributed by atoms with Crippen molar-refractivity contribution < 1.29 is 0 Å². The van der Waals surface area contributed by atoms with E-state index in [2.05, 4.69) is 52.1 Å². The first-order chi connectivity index (χ1) is 7.75. The predicted octanol–water partition coefficient (Wildman–Crippen LogP) is 4.30. The lowest BCUT2D eigenvalue weighted by Gasteiger charge is -2.23. The van der Waals surface area contributed by atoms with Gasteiger partial charge in [-0.3, -0.25) is 0 Å². The highest BCUT2D eigenvalue weighted by Crippen LogP contribution is 2.28. The van der Waals surface area contributed by atoms with Crippen molar-refractivity contribution >= 4 is 39.0 Å². The molecule has 0 spiro atoms. The van der Waals surface area contributed by atoms with Crippen LogP contribution in [0.25, 0.3) is 0 Å². The van der Waals surface area contributed by atoms with Gasteiger partial charge in [0.05, 0.1) is 3.79 Å². The molecule has 1 atom stereocenters. The van der Waals surface area contributed by atoms with E-state index in [1.807, 2.05) is 11.3 Å². The number of nitrogens with one attached hydrogen (secondary N) is 1. The van der Waals surface area contributed by atoms with Crippen LogP contribution in [0.3, 0.4) is 0 Å². The third-order valence-corrected chi connectivity index (χ3v) is 5.93. The molecule has 1 aliphatic rings. The topological polar surface area (TPSA) is 12.0 Å². The fourth-order valence-corrected chi connectivity index (χ4v) is 4.61. The van der Waals surface area contributed by atoms with Gasteiger partial charge in [0, 0.05) is 10.9 Å². The Morgan fingerprint density at radius 2 is 2.19 bits per heavy atom. The van der Waals surface area contributed by atoms with Crippen molar-refractivity contribution in [3.05, 3.63) is 20.8 Å². The lowest BCUT2D eigenvalue weighted by molar-refractivity contribution is 0.423. The lowest BCUT2D eigenvalue weighted by atomic mass is 10.0. The first-order valence-corrected chi connectivity index (χ1v) is 8.58. The van der Waals surface area contributed by atoms with Gasteiger partial charge in [0.25, 0.3) is 0 Å². The molecule has 1 saturated heterocycles. The maximum absolute atomic E-state index is 3.66. The Morgan fingerprint density at radius 1 is 1.44 bits per heavy atom. The zero-order valence-electron chi connectivity index (χ0n) is 9.54. The smallest absolute Gasteiger partial charge is 0.0701 e. The minimum absolute atomic E-state index is 0.492. The van der Waals surface area contributed by atoms with Crippen LogP contribution in [-0.4, -0.2) is 18.1 Å². The summed E-state index contributed by atoms with van der Waals surface area (Å²) in [5.41, 5.74) is 0. The van der Waals surface area contributed by atoms with Gasteiger partial charge >= 0.3 is 0 Å². The SMILES string of the molecule is CC(NCC1CCSCC1)c1ccc(Br)s1. The van der Waals surface area contributed by atoms with Gasteiger partial charge in [-0.05, 0) is 71.8 Å². The molecule has 4 heteroatoms. The third-order valence-electron chi connectivity index (χ3n) is 3.07. The van der Waals surface area contributed by atoms with E-state index in [9.17, 15) is 0 Å². The Balaban J connectivity index is 1.76. The second-order valence-corrected chi connectivity index (χ2v) is 8.05. The molecule has 90 valence electrons. The summed E-state index contributed by atoms with van der Waals surface area (Å²) in [7, 11) is 0. The Labute approximate surface area is 115 Å². The molecule has 0 saturated carbocycles. The van der Waals surface area contributed by atoms with Crippen LogP contribution in [0, 0.1) is 5.92 Å². The highest BCUT2D eigenvalue weighted by atomic mass is 79.9. The van der Waals surface area contributed by atoms with Crippen LogP contribution in [0.1, 0.15) is 30.7 Å². The molecule has 2 heterocycles. The van der Waals surface area contributed by atoms with E-state index in [0.29, 0.717) is 6.04 Å². The summed E-state index contributed by atoms with van der Waals surface area (Å²) < 4.78 is 1.23. The minimum Gasteiger partial charge on any atom is -0.309 e. The van der Waals surface area contributed by atoms with Crippen LogP contribution in [0.4, 0.5) is 0 Å². The average molecular weight is 320 g/mol. The second kappa shape index (κ2) is 6.43. The van der Waals surface area contributed by atoms with Gasteiger partial charge < -0.3 is 5.32 Å². The van der Waals surface area contributed by atoms with E-state index in [0.717, 1.165) is 5.92 Å². The van der Waals surface area contributed by atoms with Crippen molar-refractivity contribution in [1.82, 2.24) is 5.32 Å². The summed E-state index contributed by atoms with van der Waals surface area (Å²) in [6.07, 6.45) is 2.77. The zero-order chi connectivity index (χ0) is 11.4. The van der Waals surface area contributed by atoms with Gasteiger partial charge in [0.15, 0.2) is 0 Å². The van der Waals surface area contributed by atoms with Crippen LogP contribution in [-0.2, 0) is 0 Å². The van der Waals surface area contributed by atoms with Crippen molar-refractivity contribution in [3.63, 3.8) is 0 Å².